The lowest BCUT2D eigenvalue weighted by atomic mass is 9.85. The number of aromatic nitrogens is 1. The van der Waals surface area contributed by atoms with E-state index in [4.69, 9.17) is 0 Å². The van der Waals surface area contributed by atoms with Gasteiger partial charge in [-0.25, -0.2) is 13.1 Å². The van der Waals surface area contributed by atoms with E-state index in [-0.39, 0.29) is 36.9 Å². The van der Waals surface area contributed by atoms with E-state index in [9.17, 15) is 21.6 Å². The molecule has 7 nitrogen and oxygen atoms in total. The van der Waals surface area contributed by atoms with Crippen molar-refractivity contribution in [2.24, 2.45) is 10.9 Å². The Balaban J connectivity index is 1.77. The Morgan fingerprint density at radius 2 is 2.11 bits per heavy atom. The van der Waals surface area contributed by atoms with Crippen LogP contribution in [-0.4, -0.2) is 51.7 Å². The molecule has 1 aliphatic rings. The molecule has 2 rings (SSSR count). The maximum absolute atomic E-state index is 12.9. The fourth-order valence-electron chi connectivity index (χ4n) is 2.96. The number of hydrogen-bond donors (Lipinski definition) is 3. The van der Waals surface area contributed by atoms with Crippen molar-refractivity contribution in [1.82, 2.24) is 20.3 Å². The molecular formula is C16H24F3N5O2S. The Labute approximate surface area is 156 Å². The zero-order valence-electron chi connectivity index (χ0n) is 15.0. The first-order valence-corrected chi connectivity index (χ1v) is 10.1. The van der Waals surface area contributed by atoms with Gasteiger partial charge in [0.05, 0.1) is 5.92 Å². The number of guanidine groups is 1. The first kappa shape index (κ1) is 21.4. The molecule has 27 heavy (non-hydrogen) atoms. The minimum absolute atomic E-state index is 0.0117. The van der Waals surface area contributed by atoms with Gasteiger partial charge in [-0.3, -0.25) is 9.98 Å². The molecule has 0 amide bonds. The second-order valence-corrected chi connectivity index (χ2v) is 8.10. The van der Waals surface area contributed by atoms with Gasteiger partial charge in [0.15, 0.2) is 5.96 Å². The summed E-state index contributed by atoms with van der Waals surface area (Å²) >= 11 is 0. The van der Waals surface area contributed by atoms with Crippen molar-refractivity contribution in [2.75, 3.05) is 20.1 Å². The van der Waals surface area contributed by atoms with Crippen LogP contribution >= 0.6 is 0 Å². The van der Waals surface area contributed by atoms with Gasteiger partial charge in [-0.2, -0.15) is 13.2 Å². The van der Waals surface area contributed by atoms with E-state index in [1.54, 1.807) is 0 Å². The maximum Gasteiger partial charge on any atom is 0.391 e. The Bertz CT molecular complexity index is 725. The van der Waals surface area contributed by atoms with Gasteiger partial charge in [-0.15, -0.1) is 0 Å². The lowest BCUT2D eigenvalue weighted by molar-refractivity contribution is -0.183. The average Bonchev–Trinajstić information content (AvgIpc) is 2.64. The highest BCUT2D eigenvalue weighted by Crippen LogP contribution is 2.37. The van der Waals surface area contributed by atoms with Crippen molar-refractivity contribution in [2.45, 2.75) is 42.8 Å². The molecule has 0 radical (unpaired) electrons. The predicted molar refractivity (Wildman–Crippen MR) is 95.7 cm³/mol. The molecule has 2 unspecified atom stereocenters. The third-order valence-electron chi connectivity index (χ3n) is 4.36. The van der Waals surface area contributed by atoms with Gasteiger partial charge >= 0.3 is 6.18 Å². The molecule has 0 bridgehead atoms. The van der Waals surface area contributed by atoms with Gasteiger partial charge in [0, 0.05) is 38.6 Å². The summed E-state index contributed by atoms with van der Waals surface area (Å²) in [5.41, 5.74) is 0. The van der Waals surface area contributed by atoms with E-state index in [1.165, 1.54) is 31.6 Å². The Kier molecular flexibility index (Phi) is 7.42. The van der Waals surface area contributed by atoms with E-state index in [0.29, 0.717) is 18.8 Å². The lowest BCUT2D eigenvalue weighted by Crippen LogP contribution is -2.48. The van der Waals surface area contributed by atoms with Crippen LogP contribution < -0.4 is 15.4 Å². The largest absolute Gasteiger partial charge is 0.391 e. The van der Waals surface area contributed by atoms with Gasteiger partial charge in [0.25, 0.3) is 0 Å². The van der Waals surface area contributed by atoms with Crippen molar-refractivity contribution in [3.8, 4) is 0 Å². The van der Waals surface area contributed by atoms with Crippen LogP contribution in [0.2, 0.25) is 0 Å². The average molecular weight is 407 g/mol. The van der Waals surface area contributed by atoms with Gasteiger partial charge in [0.2, 0.25) is 10.0 Å². The number of halogens is 3. The van der Waals surface area contributed by atoms with Crippen molar-refractivity contribution < 1.29 is 21.6 Å². The first-order chi connectivity index (χ1) is 12.7. The highest BCUT2D eigenvalue weighted by Gasteiger charge is 2.42. The number of nitrogens with one attached hydrogen (secondary N) is 3. The molecule has 0 aromatic carbocycles. The second-order valence-electron chi connectivity index (χ2n) is 6.33. The molecule has 2 atom stereocenters. The van der Waals surface area contributed by atoms with Crippen LogP contribution in [0.15, 0.2) is 34.4 Å². The third-order valence-corrected chi connectivity index (χ3v) is 5.80. The zero-order chi connectivity index (χ0) is 19.9. The van der Waals surface area contributed by atoms with Crippen LogP contribution in [0, 0.1) is 5.92 Å². The van der Waals surface area contributed by atoms with E-state index >= 15 is 0 Å². The Hall–Kier alpha value is -1.88. The fraction of sp³-hybridized carbons (Fsp3) is 0.625. The molecule has 3 N–H and O–H groups in total. The van der Waals surface area contributed by atoms with Crippen LogP contribution in [-0.2, 0) is 10.0 Å². The summed E-state index contributed by atoms with van der Waals surface area (Å²) in [6, 6.07) is 2.64. The summed E-state index contributed by atoms with van der Waals surface area (Å²) < 4.78 is 65.2. The first-order valence-electron chi connectivity index (χ1n) is 8.66. The summed E-state index contributed by atoms with van der Waals surface area (Å²) in [7, 11) is -2.14. The van der Waals surface area contributed by atoms with Gasteiger partial charge in [-0.1, -0.05) is 6.42 Å². The number of nitrogens with zero attached hydrogens (tertiary/aromatic N) is 2. The number of alkyl halides is 3. The summed E-state index contributed by atoms with van der Waals surface area (Å²) in [4.78, 5) is 7.82. The molecule has 0 spiro atoms. The van der Waals surface area contributed by atoms with Crippen molar-refractivity contribution in [3.63, 3.8) is 0 Å². The quantitative estimate of drug-likeness (QED) is 0.379. The second kappa shape index (κ2) is 9.36. The van der Waals surface area contributed by atoms with Crippen LogP contribution in [0.1, 0.15) is 25.7 Å². The topological polar surface area (TPSA) is 95.5 Å². The smallest absolute Gasteiger partial charge is 0.355 e. The highest BCUT2D eigenvalue weighted by atomic mass is 32.2. The standard InChI is InChI=1S/C16H24F3N5O2S/c1-20-15(24-13-5-2-4-12(10-13)16(17,18)19)22-8-9-23-27(25,26)14-6-3-7-21-11-14/h3,6-7,11-13,23H,2,4-5,8-10H2,1H3,(H2,20,22,24). The summed E-state index contributed by atoms with van der Waals surface area (Å²) in [5, 5.41) is 5.90. The molecule has 11 heteroatoms. The van der Waals surface area contributed by atoms with Gasteiger partial charge in [0.1, 0.15) is 4.90 Å². The normalized spacial score (nSPS) is 21.7. The number of sulfonamides is 1. The Morgan fingerprint density at radius 1 is 1.33 bits per heavy atom. The fourth-order valence-corrected chi connectivity index (χ4v) is 3.96. The van der Waals surface area contributed by atoms with Crippen LogP contribution in [0.25, 0.3) is 0 Å². The summed E-state index contributed by atoms with van der Waals surface area (Å²) in [6.07, 6.45) is -0.143. The molecule has 1 saturated carbocycles. The zero-order valence-corrected chi connectivity index (χ0v) is 15.8. The molecule has 1 aromatic rings. The third kappa shape index (κ3) is 6.65. The van der Waals surface area contributed by atoms with Crippen molar-refractivity contribution in [1.29, 1.82) is 0 Å². The summed E-state index contributed by atoms with van der Waals surface area (Å²) in [6.45, 7) is 0.322. The van der Waals surface area contributed by atoms with E-state index in [0.717, 1.165) is 0 Å². The highest BCUT2D eigenvalue weighted by molar-refractivity contribution is 7.89. The summed E-state index contributed by atoms with van der Waals surface area (Å²) in [5.74, 6) is -0.948. The lowest BCUT2D eigenvalue weighted by Gasteiger charge is -2.31. The molecule has 152 valence electrons. The molecule has 0 aliphatic heterocycles. The van der Waals surface area contributed by atoms with E-state index < -0.39 is 22.1 Å². The van der Waals surface area contributed by atoms with Gasteiger partial charge < -0.3 is 10.6 Å². The SMILES string of the molecule is CN=C(NCCNS(=O)(=O)c1cccnc1)NC1CCCC(C(F)(F)F)C1. The minimum Gasteiger partial charge on any atom is -0.355 e. The van der Waals surface area contributed by atoms with Gasteiger partial charge in [-0.05, 0) is 31.4 Å². The van der Waals surface area contributed by atoms with Crippen LogP contribution in [0.4, 0.5) is 13.2 Å². The monoisotopic (exact) mass is 407 g/mol. The van der Waals surface area contributed by atoms with Crippen LogP contribution in [0.3, 0.4) is 0 Å². The number of hydrogen-bond acceptors (Lipinski definition) is 4. The van der Waals surface area contributed by atoms with Crippen LogP contribution in [0.5, 0.6) is 0 Å². The minimum atomic E-state index is -4.18. The molecule has 1 aromatic heterocycles. The molecule has 1 fully saturated rings. The van der Waals surface area contributed by atoms with Crippen molar-refractivity contribution >= 4 is 16.0 Å². The maximum atomic E-state index is 12.9. The molecule has 0 saturated heterocycles. The molecular weight excluding hydrogens is 383 g/mol. The van der Waals surface area contributed by atoms with Crippen molar-refractivity contribution in [3.05, 3.63) is 24.5 Å². The number of aliphatic imine (C=N–C) groups is 1. The molecule has 1 heterocycles. The van der Waals surface area contributed by atoms with E-state index in [2.05, 4.69) is 25.3 Å². The Morgan fingerprint density at radius 3 is 2.74 bits per heavy atom. The molecule has 1 aliphatic carbocycles. The predicted octanol–water partition coefficient (Wildman–Crippen LogP) is 1.65. The van der Waals surface area contributed by atoms with E-state index in [1.807, 2.05) is 0 Å². The number of rotatable bonds is 6. The number of pyridine rings is 1.